The molecule has 0 saturated carbocycles. The van der Waals surface area contributed by atoms with Crippen molar-refractivity contribution in [2.45, 2.75) is 31.7 Å². The molecule has 116 valence electrons. The third kappa shape index (κ3) is 5.04. The van der Waals surface area contributed by atoms with Crippen LogP contribution in [0.1, 0.15) is 25.7 Å². The minimum Gasteiger partial charge on any atom is -0.354 e. The third-order valence-corrected chi connectivity index (χ3v) is 4.41. The second kappa shape index (κ2) is 7.96. The van der Waals surface area contributed by atoms with E-state index in [4.69, 9.17) is 0 Å². The monoisotopic (exact) mass is 282 g/mol. The first-order valence-corrected chi connectivity index (χ1v) is 8.03. The first-order valence-electron chi connectivity index (χ1n) is 8.03. The Morgan fingerprint density at radius 1 is 1.35 bits per heavy atom. The van der Waals surface area contributed by atoms with Crippen molar-refractivity contribution in [3.63, 3.8) is 0 Å². The summed E-state index contributed by atoms with van der Waals surface area (Å²) in [7, 11) is 4.24. The van der Waals surface area contributed by atoms with E-state index in [0.29, 0.717) is 5.92 Å². The Labute approximate surface area is 123 Å². The highest BCUT2D eigenvalue weighted by Gasteiger charge is 2.24. The van der Waals surface area contributed by atoms with Gasteiger partial charge in [0.1, 0.15) is 0 Å². The van der Waals surface area contributed by atoms with Crippen LogP contribution >= 0.6 is 0 Å². The minimum absolute atomic E-state index is 0.0587. The van der Waals surface area contributed by atoms with E-state index >= 15 is 0 Å². The average molecular weight is 282 g/mol. The van der Waals surface area contributed by atoms with Crippen LogP contribution in [-0.4, -0.2) is 75.1 Å². The van der Waals surface area contributed by atoms with Gasteiger partial charge in [0.15, 0.2) is 0 Å². The van der Waals surface area contributed by atoms with Gasteiger partial charge in [-0.3, -0.25) is 4.79 Å². The summed E-state index contributed by atoms with van der Waals surface area (Å²) >= 11 is 0. The summed E-state index contributed by atoms with van der Waals surface area (Å²) in [4.78, 5) is 16.8. The molecule has 2 aliphatic heterocycles. The fourth-order valence-electron chi connectivity index (χ4n) is 3.14. The molecule has 2 heterocycles. The van der Waals surface area contributed by atoms with Crippen molar-refractivity contribution in [2.75, 3.05) is 53.4 Å². The molecule has 2 rings (SSSR count). The van der Waals surface area contributed by atoms with Gasteiger partial charge in [-0.05, 0) is 58.8 Å². The van der Waals surface area contributed by atoms with Gasteiger partial charge in [-0.25, -0.2) is 0 Å². The summed E-state index contributed by atoms with van der Waals surface area (Å²) in [5.74, 6) is 0.823. The number of carbonyl (C=O) groups is 1. The standard InChI is InChI=1S/C15H30N4O/c1-18(2)9-10-19-8-4-5-13(12-19)11-17-15(20)14-6-3-7-16-14/h13-14,16H,3-12H2,1-2H3,(H,17,20). The number of piperidine rings is 1. The van der Waals surface area contributed by atoms with Gasteiger partial charge in [-0.2, -0.15) is 0 Å². The van der Waals surface area contributed by atoms with E-state index < -0.39 is 0 Å². The van der Waals surface area contributed by atoms with Crippen molar-refractivity contribution < 1.29 is 4.79 Å². The van der Waals surface area contributed by atoms with Crippen LogP contribution in [0.2, 0.25) is 0 Å². The van der Waals surface area contributed by atoms with Crippen LogP contribution in [0, 0.1) is 5.92 Å². The molecule has 2 unspecified atom stereocenters. The maximum absolute atomic E-state index is 12.0. The molecule has 1 amide bonds. The van der Waals surface area contributed by atoms with Gasteiger partial charge in [0, 0.05) is 26.2 Å². The number of nitrogens with zero attached hydrogens (tertiary/aromatic N) is 2. The van der Waals surface area contributed by atoms with Crippen molar-refractivity contribution >= 4 is 5.91 Å². The zero-order valence-electron chi connectivity index (χ0n) is 13.0. The summed E-state index contributed by atoms with van der Waals surface area (Å²) in [6.07, 6.45) is 4.62. The second-order valence-electron chi connectivity index (χ2n) is 6.51. The Morgan fingerprint density at radius 3 is 2.90 bits per heavy atom. The predicted molar refractivity (Wildman–Crippen MR) is 81.8 cm³/mol. The van der Waals surface area contributed by atoms with Crippen LogP contribution < -0.4 is 10.6 Å². The van der Waals surface area contributed by atoms with Crippen LogP contribution in [0.4, 0.5) is 0 Å². The summed E-state index contributed by atoms with van der Waals surface area (Å²) in [6.45, 7) is 6.43. The molecular weight excluding hydrogens is 252 g/mol. The maximum Gasteiger partial charge on any atom is 0.237 e. The van der Waals surface area contributed by atoms with Crippen LogP contribution in [-0.2, 0) is 4.79 Å². The van der Waals surface area contributed by atoms with Crippen molar-refractivity contribution in [3.05, 3.63) is 0 Å². The van der Waals surface area contributed by atoms with Crippen molar-refractivity contribution in [1.82, 2.24) is 20.4 Å². The number of amides is 1. The Morgan fingerprint density at radius 2 is 2.20 bits per heavy atom. The molecule has 2 atom stereocenters. The van der Waals surface area contributed by atoms with Crippen LogP contribution in [0.15, 0.2) is 0 Å². The van der Waals surface area contributed by atoms with Gasteiger partial charge in [0.25, 0.3) is 0 Å². The second-order valence-corrected chi connectivity index (χ2v) is 6.51. The SMILES string of the molecule is CN(C)CCN1CCCC(CNC(=O)C2CCCN2)C1. The molecule has 0 aromatic carbocycles. The predicted octanol–water partition coefficient (Wildman–Crippen LogP) is 0.128. The van der Waals surface area contributed by atoms with Crippen molar-refractivity contribution in [3.8, 4) is 0 Å². The van der Waals surface area contributed by atoms with Crippen LogP contribution in [0.25, 0.3) is 0 Å². The average Bonchev–Trinajstić information content (AvgIpc) is 2.97. The third-order valence-electron chi connectivity index (χ3n) is 4.41. The number of rotatable bonds is 6. The molecular formula is C15H30N4O. The van der Waals surface area contributed by atoms with E-state index in [-0.39, 0.29) is 11.9 Å². The highest BCUT2D eigenvalue weighted by atomic mass is 16.2. The van der Waals surface area contributed by atoms with Crippen molar-refractivity contribution in [2.24, 2.45) is 5.92 Å². The normalized spacial score (nSPS) is 27.9. The van der Waals surface area contributed by atoms with Crippen LogP contribution in [0.3, 0.4) is 0 Å². The lowest BCUT2D eigenvalue weighted by Gasteiger charge is -2.33. The number of carbonyl (C=O) groups excluding carboxylic acids is 1. The molecule has 0 spiro atoms. The van der Waals surface area contributed by atoms with Gasteiger partial charge < -0.3 is 20.4 Å². The van der Waals surface area contributed by atoms with Crippen molar-refractivity contribution in [1.29, 1.82) is 0 Å². The highest BCUT2D eigenvalue weighted by molar-refractivity contribution is 5.81. The van der Waals surface area contributed by atoms with Gasteiger partial charge in [0.05, 0.1) is 6.04 Å². The van der Waals surface area contributed by atoms with Crippen LogP contribution in [0.5, 0.6) is 0 Å². The smallest absolute Gasteiger partial charge is 0.237 e. The zero-order chi connectivity index (χ0) is 14.4. The van der Waals surface area contributed by atoms with Gasteiger partial charge in [-0.1, -0.05) is 0 Å². The molecule has 2 saturated heterocycles. The van der Waals surface area contributed by atoms with E-state index in [1.807, 2.05) is 0 Å². The van der Waals surface area contributed by atoms with E-state index in [1.165, 1.54) is 19.4 Å². The fraction of sp³-hybridized carbons (Fsp3) is 0.933. The van der Waals surface area contributed by atoms with E-state index in [1.54, 1.807) is 0 Å². The molecule has 5 heteroatoms. The Balaban J connectivity index is 1.65. The lowest BCUT2D eigenvalue weighted by molar-refractivity contribution is -0.123. The summed E-state index contributed by atoms with van der Waals surface area (Å²) in [5.41, 5.74) is 0. The van der Waals surface area contributed by atoms with E-state index in [2.05, 4.69) is 34.5 Å². The fourth-order valence-corrected chi connectivity index (χ4v) is 3.14. The molecule has 5 nitrogen and oxygen atoms in total. The van der Waals surface area contributed by atoms with E-state index in [0.717, 1.165) is 45.6 Å². The number of likely N-dealkylation sites (N-methyl/N-ethyl adjacent to an activating group) is 1. The first kappa shape index (κ1) is 15.7. The van der Waals surface area contributed by atoms with Gasteiger partial charge >= 0.3 is 0 Å². The molecule has 2 N–H and O–H groups in total. The number of hydrogen-bond acceptors (Lipinski definition) is 4. The molecule has 0 aromatic rings. The molecule has 0 aliphatic carbocycles. The summed E-state index contributed by atoms with van der Waals surface area (Å²) < 4.78 is 0. The molecule has 0 radical (unpaired) electrons. The topological polar surface area (TPSA) is 47.6 Å². The number of nitrogens with one attached hydrogen (secondary N) is 2. The van der Waals surface area contributed by atoms with E-state index in [9.17, 15) is 4.79 Å². The lowest BCUT2D eigenvalue weighted by Crippen LogP contribution is -2.46. The molecule has 2 fully saturated rings. The number of likely N-dealkylation sites (tertiary alicyclic amines) is 1. The summed E-state index contributed by atoms with van der Waals surface area (Å²) in [5, 5.41) is 6.40. The Bertz CT molecular complexity index is 302. The lowest BCUT2D eigenvalue weighted by atomic mass is 9.98. The maximum atomic E-state index is 12.0. The zero-order valence-corrected chi connectivity index (χ0v) is 13.0. The largest absolute Gasteiger partial charge is 0.354 e. The quantitative estimate of drug-likeness (QED) is 0.727. The van der Waals surface area contributed by atoms with Gasteiger partial charge in [-0.15, -0.1) is 0 Å². The molecule has 0 bridgehead atoms. The molecule has 2 aliphatic rings. The highest BCUT2D eigenvalue weighted by Crippen LogP contribution is 2.15. The summed E-state index contributed by atoms with van der Waals surface area (Å²) in [6, 6.07) is 0.0587. The first-order chi connectivity index (χ1) is 9.65. The Kier molecular flexibility index (Phi) is 6.26. The molecule has 20 heavy (non-hydrogen) atoms. The number of hydrogen-bond donors (Lipinski definition) is 2. The minimum atomic E-state index is 0.0587. The Hall–Kier alpha value is -0.650. The molecule has 0 aromatic heterocycles. The van der Waals surface area contributed by atoms with Gasteiger partial charge in [0.2, 0.25) is 5.91 Å².